The normalized spacial score (nSPS) is 24.7. The van der Waals surface area contributed by atoms with Gasteiger partial charge >= 0.3 is 0 Å². The lowest BCUT2D eigenvalue weighted by Gasteiger charge is -2.18. The first-order valence-electron chi connectivity index (χ1n) is 8.99. The maximum absolute atomic E-state index is 12.2. The lowest BCUT2D eigenvalue weighted by molar-refractivity contribution is -0.122. The highest BCUT2D eigenvalue weighted by molar-refractivity contribution is 5.76. The number of carbonyl (C=O) groups is 1. The van der Waals surface area contributed by atoms with Gasteiger partial charge in [-0.2, -0.15) is 0 Å². The van der Waals surface area contributed by atoms with E-state index in [1.54, 1.807) is 0 Å². The predicted octanol–water partition coefficient (Wildman–Crippen LogP) is 3.14. The Morgan fingerprint density at radius 3 is 2.65 bits per heavy atom. The van der Waals surface area contributed by atoms with Crippen molar-refractivity contribution >= 4 is 5.91 Å². The molecule has 2 atom stereocenters. The van der Waals surface area contributed by atoms with Crippen LogP contribution in [-0.2, 0) is 11.3 Å². The van der Waals surface area contributed by atoms with E-state index in [1.165, 1.54) is 12.8 Å². The van der Waals surface area contributed by atoms with Crippen LogP contribution in [0.2, 0.25) is 0 Å². The number of nitrogens with one attached hydrogen (secondary N) is 1. The molecule has 126 valence electrons. The fourth-order valence-electron chi connectivity index (χ4n) is 3.77. The third-order valence-electron chi connectivity index (χ3n) is 5.21. The van der Waals surface area contributed by atoms with Crippen molar-refractivity contribution in [2.45, 2.75) is 70.1 Å². The Morgan fingerprint density at radius 2 is 1.91 bits per heavy atom. The number of para-hydroxylation sites is 1. The van der Waals surface area contributed by atoms with E-state index in [4.69, 9.17) is 10.5 Å². The minimum atomic E-state index is 0.100. The van der Waals surface area contributed by atoms with Crippen LogP contribution in [0.4, 0.5) is 0 Å². The fourth-order valence-corrected chi connectivity index (χ4v) is 3.77. The molecule has 23 heavy (non-hydrogen) atoms. The smallest absolute Gasteiger partial charge is 0.220 e. The minimum absolute atomic E-state index is 0.100. The van der Waals surface area contributed by atoms with Crippen molar-refractivity contribution in [2.24, 2.45) is 11.7 Å². The van der Waals surface area contributed by atoms with Crippen molar-refractivity contribution < 1.29 is 9.53 Å². The van der Waals surface area contributed by atoms with Crippen LogP contribution >= 0.6 is 0 Å². The number of nitrogens with two attached hydrogens (primary N) is 1. The molecule has 0 aliphatic heterocycles. The van der Waals surface area contributed by atoms with E-state index in [2.05, 4.69) is 5.32 Å². The maximum atomic E-state index is 12.2. The molecule has 2 saturated carbocycles. The molecular formula is C19H28N2O2. The van der Waals surface area contributed by atoms with Crippen LogP contribution in [0.15, 0.2) is 24.3 Å². The Bertz CT molecular complexity index is 526. The zero-order valence-electron chi connectivity index (χ0n) is 13.8. The summed E-state index contributed by atoms with van der Waals surface area (Å²) in [6.07, 6.45) is 8.95. The third-order valence-corrected chi connectivity index (χ3v) is 5.21. The second kappa shape index (κ2) is 7.82. The van der Waals surface area contributed by atoms with Gasteiger partial charge in [0.05, 0.1) is 6.10 Å². The molecule has 4 heteroatoms. The monoisotopic (exact) mass is 316 g/mol. The zero-order valence-corrected chi connectivity index (χ0v) is 13.8. The van der Waals surface area contributed by atoms with Crippen LogP contribution < -0.4 is 15.8 Å². The Morgan fingerprint density at radius 1 is 1.13 bits per heavy atom. The number of ether oxygens (including phenoxy) is 1. The van der Waals surface area contributed by atoms with E-state index in [0.717, 1.165) is 43.4 Å². The van der Waals surface area contributed by atoms with E-state index in [0.29, 0.717) is 25.0 Å². The molecule has 4 nitrogen and oxygen atoms in total. The maximum Gasteiger partial charge on any atom is 0.220 e. The average Bonchev–Trinajstić information content (AvgIpc) is 3.19. The van der Waals surface area contributed by atoms with Gasteiger partial charge in [-0.05, 0) is 50.5 Å². The first kappa shape index (κ1) is 16.3. The van der Waals surface area contributed by atoms with Crippen LogP contribution in [0.5, 0.6) is 5.75 Å². The molecular weight excluding hydrogens is 288 g/mol. The zero-order chi connectivity index (χ0) is 16.1. The van der Waals surface area contributed by atoms with Crippen molar-refractivity contribution in [3.8, 4) is 5.75 Å². The highest BCUT2D eigenvalue weighted by Crippen LogP contribution is 2.28. The summed E-state index contributed by atoms with van der Waals surface area (Å²) < 4.78 is 6.12. The summed E-state index contributed by atoms with van der Waals surface area (Å²) in [5.74, 6) is 1.36. The van der Waals surface area contributed by atoms with Crippen molar-refractivity contribution in [1.29, 1.82) is 0 Å². The molecule has 1 aromatic carbocycles. The lowest BCUT2D eigenvalue weighted by Crippen LogP contribution is -2.31. The van der Waals surface area contributed by atoms with Crippen LogP contribution in [0.3, 0.4) is 0 Å². The van der Waals surface area contributed by atoms with Crippen LogP contribution in [0.25, 0.3) is 0 Å². The van der Waals surface area contributed by atoms with Gasteiger partial charge < -0.3 is 15.8 Å². The molecule has 0 spiro atoms. The van der Waals surface area contributed by atoms with Gasteiger partial charge in [-0.3, -0.25) is 4.79 Å². The molecule has 3 rings (SSSR count). The van der Waals surface area contributed by atoms with Gasteiger partial charge in [0.15, 0.2) is 0 Å². The Labute approximate surface area is 138 Å². The second-order valence-corrected chi connectivity index (χ2v) is 6.97. The summed E-state index contributed by atoms with van der Waals surface area (Å²) in [7, 11) is 0. The Kier molecular flexibility index (Phi) is 5.55. The average molecular weight is 316 g/mol. The number of hydrogen-bond donors (Lipinski definition) is 2. The minimum Gasteiger partial charge on any atom is -0.490 e. The molecule has 1 amide bonds. The molecule has 0 heterocycles. The lowest BCUT2D eigenvalue weighted by atomic mass is 10.00. The topological polar surface area (TPSA) is 64.4 Å². The number of rotatable bonds is 6. The van der Waals surface area contributed by atoms with E-state index < -0.39 is 0 Å². The number of hydrogen-bond acceptors (Lipinski definition) is 3. The summed E-state index contributed by atoms with van der Waals surface area (Å²) in [5.41, 5.74) is 7.11. The van der Waals surface area contributed by atoms with Gasteiger partial charge in [-0.1, -0.05) is 24.6 Å². The Hall–Kier alpha value is -1.55. The largest absolute Gasteiger partial charge is 0.490 e. The second-order valence-electron chi connectivity index (χ2n) is 6.97. The SMILES string of the molecule is N[C@@H]1CCC[C@H]1CC(=O)NCc1ccccc1OC1CCCC1. The van der Waals surface area contributed by atoms with Gasteiger partial charge in [0, 0.05) is 24.6 Å². The summed E-state index contributed by atoms with van der Waals surface area (Å²) in [4.78, 5) is 12.2. The quantitative estimate of drug-likeness (QED) is 0.847. The van der Waals surface area contributed by atoms with E-state index in [1.807, 2.05) is 24.3 Å². The molecule has 0 aromatic heterocycles. The first-order chi connectivity index (χ1) is 11.2. The van der Waals surface area contributed by atoms with Crippen LogP contribution in [-0.4, -0.2) is 18.1 Å². The molecule has 0 radical (unpaired) electrons. The molecule has 3 N–H and O–H groups in total. The van der Waals surface area contributed by atoms with Crippen LogP contribution in [0.1, 0.15) is 56.9 Å². The standard InChI is InChI=1S/C19H28N2O2/c20-17-10-5-7-14(17)12-19(22)21-13-15-6-1-4-11-18(15)23-16-8-2-3-9-16/h1,4,6,11,14,16-17H,2-3,5,7-10,12-13,20H2,(H,21,22)/t14-,17+/m0/s1. The summed E-state index contributed by atoms with van der Waals surface area (Å²) in [5, 5.41) is 3.04. The number of benzene rings is 1. The third kappa shape index (κ3) is 4.47. The van der Waals surface area contributed by atoms with E-state index >= 15 is 0 Å². The van der Waals surface area contributed by atoms with Gasteiger partial charge in [0.25, 0.3) is 0 Å². The molecule has 2 fully saturated rings. The summed E-state index contributed by atoms with van der Waals surface area (Å²) >= 11 is 0. The summed E-state index contributed by atoms with van der Waals surface area (Å²) in [6, 6.07) is 8.22. The molecule has 0 bridgehead atoms. The first-order valence-corrected chi connectivity index (χ1v) is 8.99. The van der Waals surface area contributed by atoms with Crippen molar-refractivity contribution in [3.63, 3.8) is 0 Å². The van der Waals surface area contributed by atoms with Crippen molar-refractivity contribution in [3.05, 3.63) is 29.8 Å². The molecule has 0 unspecified atom stereocenters. The van der Waals surface area contributed by atoms with Gasteiger partial charge in [-0.25, -0.2) is 0 Å². The summed E-state index contributed by atoms with van der Waals surface area (Å²) in [6.45, 7) is 0.531. The van der Waals surface area contributed by atoms with Gasteiger partial charge in [0.1, 0.15) is 5.75 Å². The predicted molar refractivity (Wildman–Crippen MR) is 91.1 cm³/mol. The molecule has 1 aromatic rings. The molecule has 0 saturated heterocycles. The van der Waals surface area contributed by atoms with Gasteiger partial charge in [-0.15, -0.1) is 0 Å². The Balaban J connectivity index is 1.52. The van der Waals surface area contributed by atoms with E-state index in [-0.39, 0.29) is 11.9 Å². The number of amides is 1. The molecule has 2 aliphatic rings. The van der Waals surface area contributed by atoms with Crippen molar-refractivity contribution in [1.82, 2.24) is 5.32 Å². The highest BCUT2D eigenvalue weighted by Gasteiger charge is 2.26. The van der Waals surface area contributed by atoms with E-state index in [9.17, 15) is 4.79 Å². The fraction of sp³-hybridized carbons (Fsp3) is 0.632. The highest BCUT2D eigenvalue weighted by atomic mass is 16.5. The van der Waals surface area contributed by atoms with Crippen LogP contribution in [0, 0.1) is 5.92 Å². The van der Waals surface area contributed by atoms with Crippen molar-refractivity contribution in [2.75, 3.05) is 0 Å². The molecule has 2 aliphatic carbocycles. The van der Waals surface area contributed by atoms with Gasteiger partial charge in [0.2, 0.25) is 5.91 Å². The number of carbonyl (C=O) groups excluding carboxylic acids is 1.